The first-order chi connectivity index (χ1) is 6.43. The molecule has 0 spiro atoms. The average Bonchev–Trinajstić information content (AvgIpc) is 2.04. The fourth-order valence-corrected chi connectivity index (χ4v) is 1.13. The second-order valence-electron chi connectivity index (χ2n) is 2.13. The molecule has 1 unspecified atom stereocenters. The molecule has 0 aliphatic heterocycles. The van der Waals surface area contributed by atoms with Gasteiger partial charge in [0.1, 0.15) is 0 Å². The molecule has 1 rings (SSSR count). The monoisotopic (exact) mass is 354 g/mol. The molecule has 0 amide bonds. The second kappa shape index (κ2) is 7.04. The quantitative estimate of drug-likeness (QED) is 0.493. The van der Waals surface area contributed by atoms with Gasteiger partial charge in [-0.25, -0.2) is 0 Å². The zero-order valence-electron chi connectivity index (χ0n) is 6.59. The van der Waals surface area contributed by atoms with Crippen LogP contribution >= 0.6 is 28.3 Å². The summed E-state index contributed by atoms with van der Waals surface area (Å²) >= 11 is -0.106. The van der Waals surface area contributed by atoms with Crippen LogP contribution < -0.4 is 5.30 Å². The Kier molecular flexibility index (Phi) is 7.38. The van der Waals surface area contributed by atoms with Crippen LogP contribution in [0.3, 0.4) is 0 Å². The van der Waals surface area contributed by atoms with Crippen molar-refractivity contribution in [3.05, 3.63) is 29.8 Å². The van der Waals surface area contributed by atoms with Crippen molar-refractivity contribution >= 4 is 33.6 Å². The zero-order valence-corrected chi connectivity index (χ0v) is 10.8. The molecular weight excluding hydrogens is 349 g/mol. The topological polar surface area (TPSA) is 0 Å². The summed E-state index contributed by atoms with van der Waals surface area (Å²) in [5.74, 6) is 0. The molecule has 0 aliphatic rings. The van der Waals surface area contributed by atoms with Crippen LogP contribution in [0, 0.1) is 0 Å². The molecule has 1 aromatic carbocycles. The molecule has 0 N–H and O–H groups in total. The molecule has 0 saturated heterocycles. The molecule has 0 saturated carbocycles. The Balaban J connectivity index is 0.000000500. The van der Waals surface area contributed by atoms with E-state index in [0.717, 1.165) is 6.07 Å². The average molecular weight is 355 g/mol. The van der Waals surface area contributed by atoms with E-state index < -0.39 is 11.7 Å². The number of hydrogen-bond acceptors (Lipinski definition) is 0. The van der Waals surface area contributed by atoms with Gasteiger partial charge in [0.05, 0.1) is 5.56 Å². The van der Waals surface area contributed by atoms with Gasteiger partial charge >= 0.3 is 41.2 Å². The van der Waals surface area contributed by atoms with Crippen molar-refractivity contribution in [2.24, 2.45) is 0 Å². The summed E-state index contributed by atoms with van der Waals surface area (Å²) in [6, 6.07) is 5.41. The first-order valence-electron chi connectivity index (χ1n) is 3.17. The Hall–Kier alpha value is 0.682. The van der Waals surface area contributed by atoms with Crippen LogP contribution in [0.25, 0.3) is 0 Å². The Morgan fingerprint density at radius 2 is 1.57 bits per heavy atom. The van der Waals surface area contributed by atoms with Crippen molar-refractivity contribution in [3.8, 4) is 0 Å². The van der Waals surface area contributed by atoms with E-state index in [-0.39, 0.29) is 21.2 Å². The zero-order chi connectivity index (χ0) is 11.2. The standard InChI is InChI=1S/C7H6F3P.2ClH.Pd/c8-7(9,10)5-3-1-2-4-6(5)11;;;/h1-4H,11H2;2*1H;/q;;;+2/p-2. The fraction of sp³-hybridized carbons (Fsp3) is 0.143. The molecular formula is C7H6Cl2F3PPd. The van der Waals surface area contributed by atoms with Crippen molar-refractivity contribution in [2.45, 2.75) is 6.18 Å². The van der Waals surface area contributed by atoms with Crippen molar-refractivity contribution < 1.29 is 29.1 Å². The van der Waals surface area contributed by atoms with E-state index in [2.05, 4.69) is 9.24 Å². The number of hydrogen-bond donors (Lipinski definition) is 0. The fourth-order valence-electron chi connectivity index (χ4n) is 0.755. The van der Waals surface area contributed by atoms with Crippen LogP contribution in [-0.4, -0.2) is 0 Å². The van der Waals surface area contributed by atoms with Crippen LogP contribution in [0.15, 0.2) is 24.3 Å². The molecule has 84 valence electrons. The third kappa shape index (κ3) is 5.54. The Bertz CT molecular complexity index is 280. The summed E-state index contributed by atoms with van der Waals surface area (Å²) < 4.78 is 36.1. The van der Waals surface area contributed by atoms with E-state index in [4.69, 9.17) is 19.1 Å². The second-order valence-corrected chi connectivity index (χ2v) is 5.11. The third-order valence-corrected chi connectivity index (χ3v) is 1.77. The van der Waals surface area contributed by atoms with Gasteiger partial charge in [0.2, 0.25) is 0 Å². The van der Waals surface area contributed by atoms with Gasteiger partial charge in [0.15, 0.2) is 0 Å². The van der Waals surface area contributed by atoms with E-state index >= 15 is 0 Å². The van der Waals surface area contributed by atoms with Crippen molar-refractivity contribution in [3.63, 3.8) is 0 Å². The molecule has 0 heterocycles. The van der Waals surface area contributed by atoms with E-state index in [0.29, 0.717) is 0 Å². The normalized spacial score (nSPS) is 10.7. The summed E-state index contributed by atoms with van der Waals surface area (Å²) in [6.07, 6.45) is -4.24. The van der Waals surface area contributed by atoms with Crippen LogP contribution in [0.5, 0.6) is 0 Å². The predicted octanol–water partition coefficient (Wildman–Crippen LogP) is 3.58. The van der Waals surface area contributed by atoms with Gasteiger partial charge in [0, 0.05) is 0 Å². The Morgan fingerprint density at radius 3 is 1.86 bits per heavy atom. The van der Waals surface area contributed by atoms with Gasteiger partial charge in [-0.3, -0.25) is 0 Å². The first-order valence-corrected chi connectivity index (χ1v) is 7.75. The number of benzene rings is 1. The molecule has 0 fully saturated rings. The third-order valence-electron chi connectivity index (χ3n) is 1.27. The Morgan fingerprint density at radius 1 is 1.14 bits per heavy atom. The van der Waals surface area contributed by atoms with Crippen molar-refractivity contribution in [1.82, 2.24) is 0 Å². The molecule has 0 bridgehead atoms. The minimum absolute atomic E-state index is 0.106. The molecule has 1 atom stereocenters. The predicted molar refractivity (Wildman–Crippen MR) is 52.5 cm³/mol. The van der Waals surface area contributed by atoms with Gasteiger partial charge in [0.25, 0.3) is 0 Å². The molecule has 0 radical (unpaired) electrons. The van der Waals surface area contributed by atoms with E-state index in [1.165, 1.54) is 12.1 Å². The van der Waals surface area contributed by atoms with Crippen LogP contribution in [-0.2, 0) is 22.1 Å². The van der Waals surface area contributed by atoms with Gasteiger partial charge in [-0.15, -0.1) is 9.24 Å². The number of halogens is 5. The molecule has 7 heteroatoms. The molecule has 14 heavy (non-hydrogen) atoms. The van der Waals surface area contributed by atoms with Gasteiger partial charge in [-0.2, -0.15) is 13.2 Å². The van der Waals surface area contributed by atoms with Crippen LogP contribution in [0.1, 0.15) is 5.56 Å². The minimum atomic E-state index is -4.24. The van der Waals surface area contributed by atoms with E-state index in [1.807, 2.05) is 0 Å². The van der Waals surface area contributed by atoms with Gasteiger partial charge in [-0.05, 0) is 11.4 Å². The Labute approximate surface area is 98.5 Å². The van der Waals surface area contributed by atoms with Gasteiger partial charge < -0.3 is 0 Å². The van der Waals surface area contributed by atoms with Gasteiger partial charge in [-0.1, -0.05) is 18.2 Å². The van der Waals surface area contributed by atoms with E-state index in [9.17, 15) is 13.2 Å². The number of rotatable bonds is 0. The summed E-state index contributed by atoms with van der Waals surface area (Å²) in [7, 11) is 11.7. The molecule has 0 aromatic heterocycles. The summed E-state index contributed by atoms with van der Waals surface area (Å²) in [4.78, 5) is 0. The van der Waals surface area contributed by atoms with Crippen molar-refractivity contribution in [2.75, 3.05) is 0 Å². The summed E-state index contributed by atoms with van der Waals surface area (Å²) in [5.41, 5.74) is -0.593. The van der Waals surface area contributed by atoms with Crippen molar-refractivity contribution in [1.29, 1.82) is 0 Å². The number of alkyl halides is 3. The summed E-state index contributed by atoms with van der Waals surface area (Å²) in [6.45, 7) is 0. The van der Waals surface area contributed by atoms with E-state index in [1.54, 1.807) is 6.07 Å². The maximum absolute atomic E-state index is 12.0. The molecule has 0 nitrogen and oxygen atoms in total. The molecule has 1 aromatic rings. The SMILES string of the molecule is FC(F)(F)c1ccccc1P.[Cl][Pd][Cl]. The molecule has 0 aliphatic carbocycles. The maximum atomic E-state index is 12.0. The van der Waals surface area contributed by atoms with Crippen LogP contribution in [0.2, 0.25) is 0 Å². The van der Waals surface area contributed by atoms with Crippen LogP contribution in [0.4, 0.5) is 13.2 Å². The summed E-state index contributed by atoms with van der Waals surface area (Å²) in [5, 5.41) is 0.181. The first kappa shape index (κ1) is 14.7.